The average molecular weight is 371 g/mol. The van der Waals surface area contributed by atoms with Crippen LogP contribution in [0, 0.1) is 19.7 Å². The van der Waals surface area contributed by atoms with E-state index in [-0.39, 0.29) is 17.5 Å². The summed E-state index contributed by atoms with van der Waals surface area (Å²) in [6.45, 7) is 3.91. The van der Waals surface area contributed by atoms with Gasteiger partial charge in [-0.05, 0) is 55.3 Å². The normalized spacial score (nSPS) is 10.7. The Morgan fingerprint density at radius 2 is 1.92 bits per heavy atom. The maximum Gasteiger partial charge on any atom is 0.234 e. The van der Waals surface area contributed by atoms with Gasteiger partial charge in [-0.25, -0.2) is 9.07 Å². The van der Waals surface area contributed by atoms with Crippen molar-refractivity contribution in [2.75, 3.05) is 16.9 Å². The minimum absolute atomic E-state index is 0.145. The van der Waals surface area contributed by atoms with E-state index < -0.39 is 0 Å². The van der Waals surface area contributed by atoms with Crippen LogP contribution in [0.3, 0.4) is 0 Å². The Morgan fingerprint density at radius 1 is 1.19 bits per heavy atom. The van der Waals surface area contributed by atoms with Crippen molar-refractivity contribution in [2.45, 2.75) is 19.0 Å². The molecule has 2 aromatic carbocycles. The molecule has 0 fully saturated rings. The molecule has 0 saturated heterocycles. The Bertz CT molecular complexity index is 939. The summed E-state index contributed by atoms with van der Waals surface area (Å²) < 4.78 is 14.3. The number of hydrogen-bond acceptors (Lipinski definition) is 5. The van der Waals surface area contributed by atoms with Gasteiger partial charge in [0.15, 0.2) is 5.82 Å². The molecule has 1 aromatic heterocycles. The monoisotopic (exact) mass is 371 g/mol. The number of thioether (sulfide) groups is 1. The van der Waals surface area contributed by atoms with E-state index in [4.69, 9.17) is 5.84 Å². The van der Waals surface area contributed by atoms with Crippen molar-refractivity contribution in [2.24, 2.45) is 0 Å². The number of carbonyl (C=O) groups is 1. The van der Waals surface area contributed by atoms with Crippen LogP contribution < -0.4 is 11.2 Å². The summed E-state index contributed by atoms with van der Waals surface area (Å²) in [4.78, 5) is 12.2. The lowest BCUT2D eigenvalue weighted by atomic mass is 10.1. The van der Waals surface area contributed by atoms with Crippen LogP contribution in [0.1, 0.15) is 11.1 Å². The Balaban J connectivity index is 1.65. The fraction of sp³-hybridized carbons (Fsp3) is 0.167. The fourth-order valence-corrected chi connectivity index (χ4v) is 3.01. The van der Waals surface area contributed by atoms with Gasteiger partial charge in [0.1, 0.15) is 5.82 Å². The molecule has 0 radical (unpaired) electrons. The third-order valence-corrected chi connectivity index (χ3v) is 4.71. The Morgan fingerprint density at radius 3 is 2.65 bits per heavy atom. The van der Waals surface area contributed by atoms with Gasteiger partial charge in [-0.2, -0.15) is 0 Å². The highest BCUT2D eigenvalue weighted by atomic mass is 32.2. The van der Waals surface area contributed by atoms with Gasteiger partial charge in [-0.15, -0.1) is 10.2 Å². The Labute approximate surface area is 154 Å². The maximum absolute atomic E-state index is 13.0. The number of nitrogen functional groups attached to an aromatic ring is 1. The second kappa shape index (κ2) is 7.57. The number of amides is 1. The van der Waals surface area contributed by atoms with Gasteiger partial charge in [-0.1, -0.05) is 23.9 Å². The Hall–Kier alpha value is -2.87. The summed E-state index contributed by atoms with van der Waals surface area (Å²) in [5.74, 6) is 6.06. The number of rotatable bonds is 5. The van der Waals surface area contributed by atoms with Crippen LogP contribution in [0.4, 0.5) is 10.1 Å². The van der Waals surface area contributed by atoms with E-state index >= 15 is 0 Å². The molecule has 0 bridgehead atoms. The Kier molecular flexibility index (Phi) is 5.22. The van der Waals surface area contributed by atoms with Gasteiger partial charge in [0.05, 0.1) is 5.75 Å². The first-order chi connectivity index (χ1) is 12.4. The van der Waals surface area contributed by atoms with E-state index in [0.717, 1.165) is 16.8 Å². The number of benzene rings is 2. The van der Waals surface area contributed by atoms with Gasteiger partial charge in [-0.3, -0.25) is 4.79 Å². The van der Waals surface area contributed by atoms with E-state index in [1.165, 1.54) is 28.6 Å². The standard InChI is InChI=1S/C18H18FN5OS/c1-11-3-4-12(2)15(9-11)21-16(25)10-26-18-23-22-17(24(18)20)13-5-7-14(19)8-6-13/h3-9H,10,20H2,1-2H3,(H,21,25). The number of aryl methyl sites for hydroxylation is 2. The molecular weight excluding hydrogens is 353 g/mol. The zero-order valence-corrected chi connectivity index (χ0v) is 15.2. The molecule has 1 amide bonds. The molecule has 8 heteroatoms. The molecule has 0 spiro atoms. The van der Waals surface area contributed by atoms with E-state index in [1.807, 2.05) is 32.0 Å². The maximum atomic E-state index is 13.0. The van der Waals surface area contributed by atoms with E-state index in [1.54, 1.807) is 12.1 Å². The lowest BCUT2D eigenvalue weighted by molar-refractivity contribution is -0.113. The second-order valence-corrected chi connectivity index (χ2v) is 6.78. The van der Waals surface area contributed by atoms with Crippen LogP contribution in [0.5, 0.6) is 0 Å². The fourth-order valence-electron chi connectivity index (χ4n) is 2.36. The molecule has 0 aliphatic rings. The molecule has 0 atom stereocenters. The molecule has 3 aromatic rings. The van der Waals surface area contributed by atoms with Gasteiger partial charge in [0.2, 0.25) is 11.1 Å². The van der Waals surface area contributed by atoms with Crippen molar-refractivity contribution in [1.29, 1.82) is 0 Å². The number of hydrogen-bond donors (Lipinski definition) is 2. The minimum atomic E-state index is -0.338. The minimum Gasteiger partial charge on any atom is -0.335 e. The van der Waals surface area contributed by atoms with Crippen molar-refractivity contribution in [3.05, 3.63) is 59.4 Å². The van der Waals surface area contributed by atoms with Crippen molar-refractivity contribution in [3.8, 4) is 11.4 Å². The van der Waals surface area contributed by atoms with Crippen LogP contribution >= 0.6 is 11.8 Å². The van der Waals surface area contributed by atoms with Gasteiger partial charge in [0.25, 0.3) is 0 Å². The smallest absolute Gasteiger partial charge is 0.234 e. The highest BCUT2D eigenvalue weighted by Crippen LogP contribution is 2.22. The summed E-state index contributed by atoms with van der Waals surface area (Å²) in [5, 5.41) is 11.3. The van der Waals surface area contributed by atoms with Gasteiger partial charge >= 0.3 is 0 Å². The molecule has 6 nitrogen and oxygen atoms in total. The molecule has 1 heterocycles. The number of nitrogens with two attached hydrogens (primary N) is 1. The molecule has 134 valence electrons. The largest absolute Gasteiger partial charge is 0.335 e. The molecule has 0 unspecified atom stereocenters. The van der Waals surface area contributed by atoms with Crippen LogP contribution in [0.15, 0.2) is 47.6 Å². The summed E-state index contributed by atoms with van der Waals surface area (Å²) >= 11 is 1.18. The molecule has 26 heavy (non-hydrogen) atoms. The number of nitrogens with zero attached hydrogens (tertiary/aromatic N) is 3. The van der Waals surface area contributed by atoms with Crippen LogP contribution in [-0.2, 0) is 4.79 Å². The summed E-state index contributed by atoms with van der Waals surface area (Å²) in [6.07, 6.45) is 0. The number of anilines is 1. The molecule has 0 aliphatic heterocycles. The first-order valence-electron chi connectivity index (χ1n) is 7.90. The van der Waals surface area contributed by atoms with E-state index in [9.17, 15) is 9.18 Å². The summed E-state index contributed by atoms with van der Waals surface area (Å²) in [5.41, 5.74) is 3.50. The van der Waals surface area contributed by atoms with E-state index in [2.05, 4.69) is 15.5 Å². The predicted molar refractivity (Wildman–Crippen MR) is 101 cm³/mol. The highest BCUT2D eigenvalue weighted by Gasteiger charge is 2.14. The number of nitrogens with one attached hydrogen (secondary N) is 1. The van der Waals surface area contributed by atoms with Crippen LogP contribution in [0.25, 0.3) is 11.4 Å². The van der Waals surface area contributed by atoms with Crippen molar-refractivity contribution < 1.29 is 9.18 Å². The number of carbonyl (C=O) groups excluding carboxylic acids is 1. The topological polar surface area (TPSA) is 85.8 Å². The zero-order valence-electron chi connectivity index (χ0n) is 14.4. The molecule has 0 aliphatic carbocycles. The molecule has 0 saturated carbocycles. The quantitative estimate of drug-likeness (QED) is 0.532. The SMILES string of the molecule is Cc1ccc(C)c(NC(=O)CSc2nnc(-c3ccc(F)cc3)n2N)c1. The first kappa shape index (κ1) is 17.9. The first-order valence-corrected chi connectivity index (χ1v) is 8.89. The van der Waals surface area contributed by atoms with Crippen molar-refractivity contribution in [3.63, 3.8) is 0 Å². The lowest BCUT2D eigenvalue weighted by Gasteiger charge is -2.09. The molecular formula is C18H18FN5OS. The third-order valence-electron chi connectivity index (χ3n) is 3.77. The second-order valence-electron chi connectivity index (χ2n) is 5.84. The lowest BCUT2D eigenvalue weighted by Crippen LogP contribution is -2.17. The summed E-state index contributed by atoms with van der Waals surface area (Å²) in [6, 6.07) is 11.7. The van der Waals surface area contributed by atoms with Gasteiger partial charge < -0.3 is 11.2 Å². The van der Waals surface area contributed by atoms with E-state index in [0.29, 0.717) is 16.5 Å². The zero-order chi connectivity index (χ0) is 18.7. The van der Waals surface area contributed by atoms with Crippen LogP contribution in [0.2, 0.25) is 0 Å². The van der Waals surface area contributed by atoms with Crippen molar-refractivity contribution in [1.82, 2.24) is 14.9 Å². The van der Waals surface area contributed by atoms with Crippen LogP contribution in [-0.4, -0.2) is 26.5 Å². The molecule has 3 rings (SSSR count). The molecule has 3 N–H and O–H groups in total. The predicted octanol–water partition coefficient (Wildman–Crippen LogP) is 3.15. The highest BCUT2D eigenvalue weighted by molar-refractivity contribution is 7.99. The van der Waals surface area contributed by atoms with Gasteiger partial charge in [0, 0.05) is 11.3 Å². The number of halogens is 1. The average Bonchev–Trinajstić information content (AvgIpc) is 2.98. The third kappa shape index (κ3) is 4.02. The number of aromatic nitrogens is 3. The summed E-state index contributed by atoms with van der Waals surface area (Å²) in [7, 11) is 0. The van der Waals surface area contributed by atoms with Crippen molar-refractivity contribution >= 4 is 23.4 Å².